The molecule has 0 bridgehead atoms. The van der Waals surface area contributed by atoms with E-state index in [1.54, 1.807) is 25.1 Å². The van der Waals surface area contributed by atoms with Gasteiger partial charge in [0, 0.05) is 5.56 Å². The lowest BCUT2D eigenvalue weighted by molar-refractivity contribution is -0.190. The Morgan fingerprint density at radius 2 is 2.00 bits per heavy atom. The molecule has 0 aromatic heterocycles. The molecular weight excluding hydrogens is 252 g/mol. The van der Waals surface area contributed by atoms with Crippen LogP contribution in [0, 0.1) is 0 Å². The molecule has 2 N–H and O–H groups in total. The molecule has 0 radical (unpaired) electrons. The lowest BCUT2D eigenvalue weighted by Crippen LogP contribution is -2.63. The highest BCUT2D eigenvalue weighted by molar-refractivity contribution is 6.12. The summed E-state index contributed by atoms with van der Waals surface area (Å²) in [5.74, 6) is -1.78. The molecule has 1 unspecified atom stereocenters. The molecule has 1 saturated heterocycles. The Morgan fingerprint density at radius 3 is 2.58 bits per heavy atom. The van der Waals surface area contributed by atoms with Crippen molar-refractivity contribution in [2.45, 2.75) is 12.5 Å². The summed E-state index contributed by atoms with van der Waals surface area (Å²) in [5, 5.41) is 1.99. The Balaban J connectivity index is 2.47. The number of carbonyl (C=O) groups is 3. The van der Waals surface area contributed by atoms with Crippen LogP contribution in [0.3, 0.4) is 0 Å². The number of hydrogen-bond acceptors (Lipinski definition) is 5. The molecule has 0 saturated carbocycles. The third kappa shape index (κ3) is 2.15. The summed E-state index contributed by atoms with van der Waals surface area (Å²) in [6.45, 7) is 1.69. The smallest absolute Gasteiger partial charge is 0.355 e. The summed E-state index contributed by atoms with van der Waals surface area (Å²) >= 11 is 0. The highest BCUT2D eigenvalue weighted by Gasteiger charge is 2.54. The van der Waals surface area contributed by atoms with Gasteiger partial charge in [-0.3, -0.25) is 10.1 Å². The van der Waals surface area contributed by atoms with Crippen LogP contribution in [0.5, 0.6) is 0 Å². The number of esters is 1. The first-order valence-electron chi connectivity index (χ1n) is 5.63. The fourth-order valence-corrected chi connectivity index (χ4v) is 1.73. The zero-order chi connectivity index (χ0) is 13.9. The van der Waals surface area contributed by atoms with Crippen LogP contribution < -0.4 is 10.8 Å². The van der Waals surface area contributed by atoms with E-state index < -0.39 is 23.5 Å². The molecular formula is C12H12N2O5. The van der Waals surface area contributed by atoms with E-state index in [0.29, 0.717) is 0 Å². The van der Waals surface area contributed by atoms with Gasteiger partial charge in [-0.2, -0.15) is 0 Å². The first-order chi connectivity index (χ1) is 9.11. The summed E-state index contributed by atoms with van der Waals surface area (Å²) in [6, 6.07) is 7.25. The Labute approximate surface area is 108 Å². The summed E-state index contributed by atoms with van der Waals surface area (Å²) in [7, 11) is 0. The average molecular weight is 264 g/mol. The number of hydroxylamine groups is 1. The number of carbonyl (C=O) groups excluding carboxylic acids is 3. The fourth-order valence-electron chi connectivity index (χ4n) is 1.73. The quantitative estimate of drug-likeness (QED) is 0.601. The monoisotopic (exact) mass is 264 g/mol. The van der Waals surface area contributed by atoms with E-state index >= 15 is 0 Å². The van der Waals surface area contributed by atoms with E-state index in [-0.39, 0.29) is 12.2 Å². The van der Waals surface area contributed by atoms with Crippen molar-refractivity contribution in [3.8, 4) is 0 Å². The van der Waals surface area contributed by atoms with Crippen molar-refractivity contribution in [2.24, 2.45) is 0 Å². The zero-order valence-corrected chi connectivity index (χ0v) is 10.1. The van der Waals surface area contributed by atoms with Gasteiger partial charge in [0.15, 0.2) is 0 Å². The third-order valence-corrected chi connectivity index (χ3v) is 2.59. The van der Waals surface area contributed by atoms with Gasteiger partial charge in [-0.25, -0.2) is 19.9 Å². The molecule has 1 aliphatic heterocycles. The first-order valence-corrected chi connectivity index (χ1v) is 5.63. The fraction of sp³-hybridized carbons (Fsp3) is 0.250. The second-order valence-corrected chi connectivity index (χ2v) is 3.76. The minimum absolute atomic E-state index is 0.0814. The number of ether oxygens (including phenoxy) is 1. The van der Waals surface area contributed by atoms with Gasteiger partial charge in [0.1, 0.15) is 0 Å². The SMILES string of the molecule is CCOC(=O)C1(c2ccccc2)ONC(=O)NC1=O. The van der Waals surface area contributed by atoms with E-state index in [1.165, 1.54) is 12.1 Å². The second-order valence-electron chi connectivity index (χ2n) is 3.76. The number of hydrogen-bond donors (Lipinski definition) is 2. The Hall–Kier alpha value is -2.41. The van der Waals surface area contributed by atoms with E-state index in [9.17, 15) is 14.4 Å². The number of amides is 3. The summed E-state index contributed by atoms with van der Waals surface area (Å²) in [6.07, 6.45) is 0. The van der Waals surface area contributed by atoms with Gasteiger partial charge >= 0.3 is 12.0 Å². The molecule has 1 fully saturated rings. The van der Waals surface area contributed by atoms with Crippen LogP contribution in [0.25, 0.3) is 0 Å². The maximum absolute atomic E-state index is 12.1. The van der Waals surface area contributed by atoms with Gasteiger partial charge in [0.05, 0.1) is 6.61 Å². The van der Waals surface area contributed by atoms with Crippen LogP contribution in [-0.4, -0.2) is 24.5 Å². The molecule has 19 heavy (non-hydrogen) atoms. The molecule has 1 aliphatic rings. The molecule has 1 aromatic rings. The number of imide groups is 1. The minimum Gasteiger partial charge on any atom is -0.463 e. The van der Waals surface area contributed by atoms with Gasteiger partial charge in [-0.05, 0) is 6.92 Å². The molecule has 2 rings (SSSR count). The van der Waals surface area contributed by atoms with Gasteiger partial charge in [0.2, 0.25) is 0 Å². The second kappa shape index (κ2) is 5.07. The molecule has 1 atom stereocenters. The summed E-state index contributed by atoms with van der Waals surface area (Å²) in [4.78, 5) is 40.2. The number of rotatable bonds is 3. The molecule has 3 amide bonds. The summed E-state index contributed by atoms with van der Waals surface area (Å²) < 4.78 is 4.87. The molecule has 0 spiro atoms. The maximum Gasteiger partial charge on any atom is 0.355 e. The molecule has 1 heterocycles. The van der Waals surface area contributed by atoms with E-state index in [2.05, 4.69) is 0 Å². The standard InChI is InChI=1S/C12H12N2O5/c1-2-18-10(16)12(8-6-4-3-5-7-8)9(15)13-11(17)14-19-12/h3-7H,2H2,1H3,(H2,13,14,15,17). The summed E-state index contributed by atoms with van der Waals surface area (Å²) in [5.41, 5.74) is 0.216. The van der Waals surface area contributed by atoms with Crippen molar-refractivity contribution in [1.82, 2.24) is 10.8 Å². The van der Waals surface area contributed by atoms with Crippen molar-refractivity contribution in [3.63, 3.8) is 0 Å². The van der Waals surface area contributed by atoms with Gasteiger partial charge in [-0.1, -0.05) is 30.3 Å². The average Bonchev–Trinajstić information content (AvgIpc) is 2.40. The topological polar surface area (TPSA) is 93.7 Å². The predicted octanol–water partition coefficient (Wildman–Crippen LogP) is 0.216. The Kier molecular flexibility index (Phi) is 3.48. The van der Waals surface area contributed by atoms with E-state index in [0.717, 1.165) is 0 Å². The lowest BCUT2D eigenvalue weighted by atomic mass is 9.92. The van der Waals surface area contributed by atoms with Crippen molar-refractivity contribution >= 4 is 17.9 Å². The van der Waals surface area contributed by atoms with Crippen molar-refractivity contribution in [1.29, 1.82) is 0 Å². The number of benzene rings is 1. The van der Waals surface area contributed by atoms with Gasteiger partial charge in [0.25, 0.3) is 11.5 Å². The highest BCUT2D eigenvalue weighted by atomic mass is 16.7. The van der Waals surface area contributed by atoms with Crippen LogP contribution in [0.4, 0.5) is 4.79 Å². The molecule has 0 aliphatic carbocycles. The Morgan fingerprint density at radius 1 is 1.32 bits per heavy atom. The maximum atomic E-state index is 12.1. The van der Waals surface area contributed by atoms with Gasteiger partial charge < -0.3 is 4.74 Å². The number of nitrogens with one attached hydrogen (secondary N) is 2. The van der Waals surface area contributed by atoms with Crippen LogP contribution in [0.15, 0.2) is 30.3 Å². The van der Waals surface area contributed by atoms with Crippen LogP contribution in [-0.2, 0) is 24.8 Å². The highest BCUT2D eigenvalue weighted by Crippen LogP contribution is 2.28. The zero-order valence-electron chi connectivity index (χ0n) is 10.1. The molecule has 1 aromatic carbocycles. The number of urea groups is 1. The minimum atomic E-state index is -2.02. The lowest BCUT2D eigenvalue weighted by Gasteiger charge is -2.32. The van der Waals surface area contributed by atoms with Crippen molar-refractivity contribution in [2.75, 3.05) is 6.61 Å². The predicted molar refractivity (Wildman–Crippen MR) is 62.5 cm³/mol. The normalized spacial score (nSPS) is 22.4. The van der Waals surface area contributed by atoms with Gasteiger partial charge in [-0.15, -0.1) is 0 Å². The van der Waals surface area contributed by atoms with E-state index in [4.69, 9.17) is 9.57 Å². The largest absolute Gasteiger partial charge is 0.463 e. The van der Waals surface area contributed by atoms with Crippen LogP contribution in [0.1, 0.15) is 12.5 Å². The first kappa shape index (κ1) is 13.0. The molecule has 7 nitrogen and oxygen atoms in total. The van der Waals surface area contributed by atoms with Crippen LogP contribution in [0.2, 0.25) is 0 Å². The van der Waals surface area contributed by atoms with Crippen LogP contribution >= 0.6 is 0 Å². The van der Waals surface area contributed by atoms with Crippen molar-refractivity contribution < 1.29 is 24.0 Å². The van der Waals surface area contributed by atoms with Crippen molar-refractivity contribution in [3.05, 3.63) is 35.9 Å². The molecule has 7 heteroatoms. The Bertz CT molecular complexity index is 516. The third-order valence-electron chi connectivity index (χ3n) is 2.59. The molecule has 100 valence electrons. The van der Waals surface area contributed by atoms with E-state index in [1.807, 2.05) is 10.8 Å².